The molecule has 0 unspecified atom stereocenters. The number of hydrogen-bond donors (Lipinski definition) is 0. The van der Waals surface area contributed by atoms with Gasteiger partial charge in [-0.25, -0.2) is 8.42 Å². The summed E-state index contributed by atoms with van der Waals surface area (Å²) in [4.78, 5) is 17.6. The van der Waals surface area contributed by atoms with Gasteiger partial charge < -0.3 is 9.80 Å². The van der Waals surface area contributed by atoms with E-state index in [-0.39, 0.29) is 11.7 Å². The van der Waals surface area contributed by atoms with Gasteiger partial charge in [-0.15, -0.1) is 11.0 Å². The molecule has 0 saturated carbocycles. The van der Waals surface area contributed by atoms with E-state index in [1.54, 1.807) is 17.0 Å². The van der Waals surface area contributed by atoms with E-state index in [0.29, 0.717) is 30.4 Å². The van der Waals surface area contributed by atoms with Crippen LogP contribution in [0.4, 0.5) is 5.69 Å². The van der Waals surface area contributed by atoms with Crippen LogP contribution in [0.15, 0.2) is 70.5 Å². The fourth-order valence-corrected chi connectivity index (χ4v) is 5.52. The lowest BCUT2D eigenvalue weighted by molar-refractivity contribution is 0.0762. The number of carbonyl (C=O) groups excluding carboxylic acids is 1. The molecule has 2 aromatic carbocycles. The maximum absolute atomic E-state index is 13.1. The van der Waals surface area contributed by atoms with Crippen molar-refractivity contribution < 1.29 is 13.2 Å². The highest BCUT2D eigenvalue weighted by molar-refractivity contribution is 8.15. The fourth-order valence-electron chi connectivity index (χ4n) is 3.23. The molecule has 8 heteroatoms. The summed E-state index contributed by atoms with van der Waals surface area (Å²) >= 11 is 1.29. The Bertz CT molecular complexity index is 1070. The summed E-state index contributed by atoms with van der Waals surface area (Å²) in [7, 11) is -3.40. The third kappa shape index (κ3) is 3.70. The van der Waals surface area contributed by atoms with Gasteiger partial charge in [0.2, 0.25) is 0 Å². The van der Waals surface area contributed by atoms with Crippen LogP contribution in [-0.2, 0) is 16.6 Å². The highest BCUT2D eigenvalue weighted by atomic mass is 32.2. The SMILES string of the molecule is C=CCN(Cc1ccccc1)C(=O)c1ccc2c(c1)SC1=NS(=O)(=O)CCN12. The van der Waals surface area contributed by atoms with Gasteiger partial charge >= 0.3 is 0 Å². The summed E-state index contributed by atoms with van der Waals surface area (Å²) in [6.07, 6.45) is 1.71. The standard InChI is InChI=1S/C20H19N3O3S2/c1-2-10-22(14-15-6-4-3-5-7-15)19(24)16-8-9-17-18(13-16)27-20-21-28(25,26)12-11-23(17)20/h2-9,13H,1,10-12,14H2. The molecule has 0 atom stereocenters. The highest BCUT2D eigenvalue weighted by Crippen LogP contribution is 2.42. The van der Waals surface area contributed by atoms with Crippen LogP contribution in [0.3, 0.4) is 0 Å². The Morgan fingerprint density at radius 3 is 2.79 bits per heavy atom. The second-order valence-corrected chi connectivity index (χ2v) is 9.32. The van der Waals surface area contributed by atoms with E-state index in [4.69, 9.17) is 0 Å². The van der Waals surface area contributed by atoms with Crippen molar-refractivity contribution in [2.75, 3.05) is 23.7 Å². The molecule has 1 amide bonds. The predicted molar refractivity (Wildman–Crippen MR) is 112 cm³/mol. The Morgan fingerprint density at radius 1 is 1.25 bits per heavy atom. The van der Waals surface area contributed by atoms with Crippen molar-refractivity contribution in [1.29, 1.82) is 0 Å². The number of amidine groups is 1. The zero-order valence-electron chi connectivity index (χ0n) is 15.1. The monoisotopic (exact) mass is 413 g/mol. The number of amides is 1. The molecular weight excluding hydrogens is 394 g/mol. The minimum absolute atomic E-state index is 0.00136. The van der Waals surface area contributed by atoms with Crippen molar-refractivity contribution in [3.63, 3.8) is 0 Å². The molecule has 2 aliphatic rings. The second kappa shape index (κ2) is 7.44. The van der Waals surface area contributed by atoms with Gasteiger partial charge in [-0.3, -0.25) is 4.79 Å². The van der Waals surface area contributed by atoms with Crippen LogP contribution >= 0.6 is 11.8 Å². The summed E-state index contributed by atoms with van der Waals surface area (Å²) in [5, 5.41) is 0.457. The maximum atomic E-state index is 13.1. The first-order valence-corrected chi connectivity index (χ1v) is 11.3. The number of fused-ring (bicyclic) bond motifs is 3. The molecule has 0 radical (unpaired) electrons. The van der Waals surface area contributed by atoms with Crippen LogP contribution in [0.5, 0.6) is 0 Å². The Kier molecular flexibility index (Phi) is 4.99. The largest absolute Gasteiger partial charge is 0.331 e. The van der Waals surface area contributed by atoms with Crippen molar-refractivity contribution in [1.82, 2.24) is 4.90 Å². The van der Waals surface area contributed by atoms with Gasteiger partial charge in [0, 0.05) is 30.1 Å². The Labute approximate surface area is 168 Å². The first kappa shape index (κ1) is 18.8. The number of carbonyl (C=O) groups is 1. The van der Waals surface area contributed by atoms with Crippen molar-refractivity contribution >= 4 is 38.5 Å². The zero-order valence-corrected chi connectivity index (χ0v) is 16.7. The van der Waals surface area contributed by atoms with E-state index in [1.807, 2.05) is 47.4 Å². The molecule has 0 bridgehead atoms. The van der Waals surface area contributed by atoms with Crippen LogP contribution in [0.1, 0.15) is 15.9 Å². The molecule has 4 rings (SSSR count). The molecule has 144 valence electrons. The molecule has 2 heterocycles. The van der Waals surface area contributed by atoms with E-state index >= 15 is 0 Å². The number of sulfonamides is 1. The van der Waals surface area contributed by atoms with E-state index < -0.39 is 10.0 Å². The number of benzene rings is 2. The third-order valence-corrected chi connectivity index (χ3v) is 6.88. The van der Waals surface area contributed by atoms with Gasteiger partial charge in [-0.1, -0.05) is 36.4 Å². The van der Waals surface area contributed by atoms with E-state index in [0.717, 1.165) is 16.1 Å². The molecule has 2 aromatic rings. The molecule has 0 spiro atoms. The zero-order chi connectivity index (χ0) is 19.7. The van der Waals surface area contributed by atoms with Crippen molar-refractivity contribution in [3.05, 3.63) is 72.3 Å². The lowest BCUT2D eigenvalue weighted by Crippen LogP contribution is -2.35. The summed E-state index contributed by atoms with van der Waals surface area (Å²) in [6.45, 7) is 5.07. The van der Waals surface area contributed by atoms with Gasteiger partial charge in [0.05, 0.1) is 11.4 Å². The summed E-state index contributed by atoms with van der Waals surface area (Å²) in [6, 6.07) is 15.3. The van der Waals surface area contributed by atoms with Crippen LogP contribution < -0.4 is 4.90 Å². The molecule has 0 saturated heterocycles. The van der Waals surface area contributed by atoms with Crippen LogP contribution in [0, 0.1) is 0 Å². The molecule has 28 heavy (non-hydrogen) atoms. The first-order chi connectivity index (χ1) is 13.5. The van der Waals surface area contributed by atoms with E-state index in [2.05, 4.69) is 11.0 Å². The van der Waals surface area contributed by atoms with Gasteiger partial charge in [0.25, 0.3) is 15.9 Å². The molecule has 0 fully saturated rings. The fraction of sp³-hybridized carbons (Fsp3) is 0.200. The first-order valence-electron chi connectivity index (χ1n) is 8.83. The minimum Gasteiger partial charge on any atom is -0.331 e. The number of nitrogens with zero attached hydrogens (tertiary/aromatic N) is 3. The Hall–Kier alpha value is -2.58. The van der Waals surface area contributed by atoms with Crippen molar-refractivity contribution in [2.45, 2.75) is 11.4 Å². The van der Waals surface area contributed by atoms with Crippen molar-refractivity contribution in [3.8, 4) is 0 Å². The Balaban J connectivity index is 1.60. The molecule has 0 N–H and O–H groups in total. The quantitative estimate of drug-likeness (QED) is 0.705. The van der Waals surface area contributed by atoms with Crippen molar-refractivity contribution in [2.24, 2.45) is 4.40 Å². The minimum atomic E-state index is -3.40. The summed E-state index contributed by atoms with van der Waals surface area (Å²) in [5.41, 5.74) is 2.51. The maximum Gasteiger partial charge on any atom is 0.257 e. The lowest BCUT2D eigenvalue weighted by atomic mass is 10.1. The van der Waals surface area contributed by atoms with Gasteiger partial charge in [0.1, 0.15) is 0 Å². The third-order valence-electron chi connectivity index (χ3n) is 4.57. The predicted octanol–water partition coefficient (Wildman–Crippen LogP) is 3.13. The molecular formula is C20H19N3O3S2. The number of rotatable bonds is 5. The number of hydrogen-bond acceptors (Lipinski definition) is 5. The van der Waals surface area contributed by atoms with E-state index in [1.165, 1.54) is 11.8 Å². The number of thioether (sulfide) groups is 1. The average Bonchev–Trinajstić information content (AvgIpc) is 3.03. The molecule has 6 nitrogen and oxygen atoms in total. The van der Waals surface area contributed by atoms with Gasteiger partial charge in [-0.05, 0) is 35.5 Å². The number of anilines is 1. The lowest BCUT2D eigenvalue weighted by Gasteiger charge is -2.23. The van der Waals surface area contributed by atoms with Crippen LogP contribution in [0.2, 0.25) is 0 Å². The average molecular weight is 414 g/mol. The topological polar surface area (TPSA) is 70.0 Å². The van der Waals surface area contributed by atoms with Gasteiger partial charge in [-0.2, -0.15) is 0 Å². The van der Waals surface area contributed by atoms with E-state index in [9.17, 15) is 13.2 Å². The summed E-state index contributed by atoms with van der Waals surface area (Å²) in [5.74, 6) is -0.0898. The van der Waals surface area contributed by atoms with Gasteiger partial charge in [0.15, 0.2) is 5.17 Å². The van der Waals surface area contributed by atoms with Crippen LogP contribution in [0.25, 0.3) is 0 Å². The second-order valence-electron chi connectivity index (χ2n) is 6.56. The Morgan fingerprint density at radius 2 is 2.04 bits per heavy atom. The summed E-state index contributed by atoms with van der Waals surface area (Å²) < 4.78 is 27.4. The molecule has 0 aromatic heterocycles. The normalized spacial score (nSPS) is 16.7. The van der Waals surface area contributed by atoms with Crippen LogP contribution in [-0.4, -0.2) is 43.2 Å². The molecule has 2 aliphatic heterocycles. The molecule has 0 aliphatic carbocycles. The smallest absolute Gasteiger partial charge is 0.257 e. The highest BCUT2D eigenvalue weighted by Gasteiger charge is 2.33.